The van der Waals surface area contributed by atoms with Gasteiger partial charge in [0, 0.05) is 25.9 Å². The van der Waals surface area contributed by atoms with Crippen LogP contribution in [-0.4, -0.2) is 36.7 Å². The van der Waals surface area contributed by atoms with Gasteiger partial charge >= 0.3 is 0 Å². The van der Waals surface area contributed by atoms with E-state index in [2.05, 4.69) is 15.1 Å². The molecule has 1 heterocycles. The topological polar surface area (TPSA) is 119 Å². The van der Waals surface area contributed by atoms with Crippen LogP contribution < -0.4 is 10.0 Å². The summed E-state index contributed by atoms with van der Waals surface area (Å²) in [6.45, 7) is 0.463. The van der Waals surface area contributed by atoms with Gasteiger partial charge in [0.1, 0.15) is 5.69 Å². The fourth-order valence-electron chi connectivity index (χ4n) is 2.04. The Morgan fingerprint density at radius 1 is 1.39 bits per heavy atom. The summed E-state index contributed by atoms with van der Waals surface area (Å²) >= 11 is 0. The number of rotatable bonds is 7. The average molecular weight is 339 g/mol. The molecular weight excluding hydrogens is 322 g/mol. The summed E-state index contributed by atoms with van der Waals surface area (Å²) in [6, 6.07) is 3.76. The molecule has 0 unspecified atom stereocenters. The van der Waals surface area contributed by atoms with Gasteiger partial charge in [-0.2, -0.15) is 5.10 Å². The van der Waals surface area contributed by atoms with Crippen molar-refractivity contribution in [2.45, 2.75) is 11.3 Å². The number of nitrogens with one attached hydrogen (secondary N) is 2. The van der Waals surface area contributed by atoms with Gasteiger partial charge in [0.2, 0.25) is 10.0 Å². The molecular formula is C13H17N5O4S. The number of nitro groups is 1. The van der Waals surface area contributed by atoms with Crippen molar-refractivity contribution in [2.24, 2.45) is 7.05 Å². The van der Waals surface area contributed by atoms with E-state index in [0.29, 0.717) is 13.0 Å². The average Bonchev–Trinajstić information content (AvgIpc) is 2.92. The van der Waals surface area contributed by atoms with Gasteiger partial charge in [0.15, 0.2) is 0 Å². The highest BCUT2D eigenvalue weighted by atomic mass is 32.2. The molecule has 0 saturated carbocycles. The maximum absolute atomic E-state index is 11.7. The van der Waals surface area contributed by atoms with Crippen LogP contribution in [0, 0.1) is 10.1 Å². The van der Waals surface area contributed by atoms with E-state index in [-0.39, 0.29) is 16.3 Å². The second-order valence-electron chi connectivity index (χ2n) is 4.84. The fraction of sp³-hybridized carbons (Fsp3) is 0.308. The fourth-order valence-corrected chi connectivity index (χ4v) is 2.79. The Bertz CT molecular complexity index is 816. The van der Waals surface area contributed by atoms with Gasteiger partial charge in [-0.15, -0.1) is 0 Å². The van der Waals surface area contributed by atoms with Crippen LogP contribution in [0.2, 0.25) is 0 Å². The van der Waals surface area contributed by atoms with Crippen LogP contribution in [0.5, 0.6) is 0 Å². The predicted octanol–water partition coefficient (Wildman–Crippen LogP) is 0.891. The normalized spacial score (nSPS) is 11.4. The highest BCUT2D eigenvalue weighted by Gasteiger charge is 2.20. The van der Waals surface area contributed by atoms with Gasteiger partial charge in [-0.1, -0.05) is 0 Å². The molecule has 0 aliphatic rings. The van der Waals surface area contributed by atoms with Crippen molar-refractivity contribution < 1.29 is 13.3 Å². The van der Waals surface area contributed by atoms with E-state index in [4.69, 9.17) is 0 Å². The first-order chi connectivity index (χ1) is 10.8. The quantitative estimate of drug-likeness (QED) is 0.571. The van der Waals surface area contributed by atoms with E-state index in [1.807, 2.05) is 13.2 Å². The number of hydrogen-bond donors (Lipinski definition) is 2. The molecule has 2 N–H and O–H groups in total. The molecule has 23 heavy (non-hydrogen) atoms. The van der Waals surface area contributed by atoms with E-state index in [0.717, 1.165) is 11.6 Å². The van der Waals surface area contributed by atoms with Gasteiger partial charge in [0.05, 0.1) is 16.0 Å². The summed E-state index contributed by atoms with van der Waals surface area (Å²) in [5.41, 5.74) is 0.985. The molecule has 0 bridgehead atoms. The maximum atomic E-state index is 11.7. The van der Waals surface area contributed by atoms with Gasteiger partial charge in [-0.05, 0) is 31.2 Å². The van der Waals surface area contributed by atoms with Gasteiger partial charge in [0.25, 0.3) is 5.69 Å². The molecule has 0 aliphatic heterocycles. The predicted molar refractivity (Wildman–Crippen MR) is 84.7 cm³/mol. The third-order valence-electron chi connectivity index (χ3n) is 3.23. The number of aromatic nitrogens is 2. The van der Waals surface area contributed by atoms with Crippen LogP contribution >= 0.6 is 0 Å². The molecule has 0 aliphatic carbocycles. The second kappa shape index (κ2) is 6.75. The zero-order valence-electron chi connectivity index (χ0n) is 12.7. The Balaban J connectivity index is 2.16. The van der Waals surface area contributed by atoms with Crippen molar-refractivity contribution in [2.75, 3.05) is 18.9 Å². The largest absolute Gasteiger partial charge is 0.379 e. The number of nitro benzene ring substituents is 1. The lowest BCUT2D eigenvalue weighted by Gasteiger charge is -2.08. The van der Waals surface area contributed by atoms with E-state index in [1.165, 1.54) is 19.2 Å². The molecule has 0 fully saturated rings. The van der Waals surface area contributed by atoms with Crippen molar-refractivity contribution >= 4 is 21.4 Å². The number of anilines is 1. The number of hydrogen-bond acceptors (Lipinski definition) is 6. The molecule has 1 aromatic heterocycles. The van der Waals surface area contributed by atoms with Crippen LogP contribution in [0.25, 0.3) is 0 Å². The van der Waals surface area contributed by atoms with Gasteiger partial charge in [-0.3, -0.25) is 14.8 Å². The third-order valence-corrected chi connectivity index (χ3v) is 4.64. The minimum atomic E-state index is -3.72. The van der Waals surface area contributed by atoms with Crippen molar-refractivity contribution in [1.82, 2.24) is 14.5 Å². The summed E-state index contributed by atoms with van der Waals surface area (Å²) in [5.74, 6) is 0. The second-order valence-corrected chi connectivity index (χ2v) is 6.73. The molecule has 2 aromatic rings. The summed E-state index contributed by atoms with van der Waals surface area (Å²) in [5, 5.41) is 18.2. The lowest BCUT2D eigenvalue weighted by molar-refractivity contribution is -0.384. The van der Waals surface area contributed by atoms with E-state index >= 15 is 0 Å². The molecule has 0 atom stereocenters. The van der Waals surface area contributed by atoms with Crippen LogP contribution in [0.15, 0.2) is 35.5 Å². The monoisotopic (exact) mass is 339 g/mol. The molecule has 10 heteroatoms. The number of benzene rings is 1. The first kappa shape index (κ1) is 16.9. The molecule has 2 rings (SSSR count). The van der Waals surface area contributed by atoms with Crippen molar-refractivity contribution in [3.8, 4) is 0 Å². The lowest BCUT2D eigenvalue weighted by Crippen LogP contribution is -2.19. The SMILES string of the molecule is CNS(=O)(=O)c1ccc(NCCc2cnn(C)c2)c([N+](=O)[O-])c1. The van der Waals surface area contributed by atoms with Crippen LogP contribution in [-0.2, 0) is 23.5 Å². The van der Waals surface area contributed by atoms with Crippen LogP contribution in [0.4, 0.5) is 11.4 Å². The zero-order valence-corrected chi connectivity index (χ0v) is 13.5. The molecule has 0 spiro atoms. The standard InChI is InChI=1S/C13H17N5O4S/c1-14-23(21,22)11-3-4-12(13(7-11)18(19)20)15-6-5-10-8-16-17(2)9-10/h3-4,7-9,14-15H,5-6H2,1-2H3. The van der Waals surface area contributed by atoms with Crippen molar-refractivity contribution in [3.63, 3.8) is 0 Å². The number of nitrogens with zero attached hydrogens (tertiary/aromatic N) is 3. The van der Waals surface area contributed by atoms with Crippen LogP contribution in [0.1, 0.15) is 5.56 Å². The third kappa shape index (κ3) is 4.05. The smallest absolute Gasteiger partial charge is 0.293 e. The first-order valence-corrected chi connectivity index (χ1v) is 8.25. The Morgan fingerprint density at radius 3 is 2.70 bits per heavy atom. The summed E-state index contributed by atoms with van der Waals surface area (Å²) in [6.07, 6.45) is 4.22. The lowest BCUT2D eigenvalue weighted by atomic mass is 10.2. The highest BCUT2D eigenvalue weighted by molar-refractivity contribution is 7.89. The number of aryl methyl sites for hydroxylation is 1. The first-order valence-electron chi connectivity index (χ1n) is 6.77. The Labute approximate surface area is 133 Å². The van der Waals surface area contributed by atoms with Crippen LogP contribution in [0.3, 0.4) is 0 Å². The minimum Gasteiger partial charge on any atom is -0.379 e. The molecule has 0 radical (unpaired) electrons. The van der Waals surface area contributed by atoms with Crippen molar-refractivity contribution in [1.29, 1.82) is 0 Å². The van der Waals surface area contributed by atoms with Crippen molar-refractivity contribution in [3.05, 3.63) is 46.3 Å². The summed E-state index contributed by atoms with van der Waals surface area (Å²) < 4.78 is 27.3. The number of sulfonamides is 1. The van der Waals surface area contributed by atoms with Gasteiger partial charge < -0.3 is 5.32 Å². The van der Waals surface area contributed by atoms with E-state index in [1.54, 1.807) is 10.9 Å². The Kier molecular flexibility index (Phi) is 4.96. The Morgan fingerprint density at radius 2 is 2.13 bits per heavy atom. The zero-order chi connectivity index (χ0) is 17.0. The summed E-state index contributed by atoms with van der Waals surface area (Å²) in [7, 11) is -0.665. The molecule has 1 aromatic carbocycles. The minimum absolute atomic E-state index is 0.149. The molecule has 0 saturated heterocycles. The maximum Gasteiger partial charge on any atom is 0.293 e. The molecule has 0 amide bonds. The Hall–Kier alpha value is -2.46. The molecule has 9 nitrogen and oxygen atoms in total. The highest BCUT2D eigenvalue weighted by Crippen LogP contribution is 2.27. The van der Waals surface area contributed by atoms with E-state index < -0.39 is 14.9 Å². The molecule has 124 valence electrons. The van der Waals surface area contributed by atoms with Gasteiger partial charge in [-0.25, -0.2) is 13.1 Å². The summed E-state index contributed by atoms with van der Waals surface area (Å²) in [4.78, 5) is 10.4. The van der Waals surface area contributed by atoms with E-state index in [9.17, 15) is 18.5 Å².